The summed E-state index contributed by atoms with van der Waals surface area (Å²) in [6.45, 7) is 6.17. The Morgan fingerprint density at radius 3 is 2.71 bits per heavy atom. The maximum Gasteiger partial charge on any atom is 0.119 e. The number of para-hydroxylation sites is 1. The molecule has 1 rings (SSSR count). The van der Waals surface area contributed by atoms with Gasteiger partial charge in [0, 0.05) is 6.42 Å². The highest BCUT2D eigenvalue weighted by Crippen LogP contribution is 2.09. The van der Waals surface area contributed by atoms with Gasteiger partial charge in [0.1, 0.15) is 5.75 Å². The zero-order valence-electron chi connectivity index (χ0n) is 8.48. The molecule has 2 heteroatoms. The SMILES string of the molecule is C=CO[C@H](C)CCOc1ccccc1. The number of hydrogen-bond acceptors (Lipinski definition) is 2. The fraction of sp³-hybridized carbons (Fsp3) is 0.333. The molecule has 0 aliphatic heterocycles. The fourth-order valence-electron chi connectivity index (χ4n) is 1.09. The second-order valence-electron chi connectivity index (χ2n) is 3.06. The maximum absolute atomic E-state index is 5.51. The molecular weight excluding hydrogens is 176 g/mol. The van der Waals surface area contributed by atoms with Gasteiger partial charge < -0.3 is 9.47 Å². The predicted octanol–water partition coefficient (Wildman–Crippen LogP) is 3.00. The summed E-state index contributed by atoms with van der Waals surface area (Å²) < 4.78 is 10.7. The molecule has 1 aromatic rings. The van der Waals surface area contributed by atoms with Crippen molar-refractivity contribution >= 4 is 0 Å². The Bertz CT molecular complexity index is 256. The lowest BCUT2D eigenvalue weighted by molar-refractivity contribution is 0.132. The molecular formula is C12H16O2. The lowest BCUT2D eigenvalue weighted by Gasteiger charge is -2.11. The molecule has 0 N–H and O–H groups in total. The second-order valence-corrected chi connectivity index (χ2v) is 3.06. The third-order valence-corrected chi connectivity index (χ3v) is 1.86. The van der Waals surface area contributed by atoms with E-state index in [0.29, 0.717) is 6.61 Å². The highest BCUT2D eigenvalue weighted by molar-refractivity contribution is 5.20. The van der Waals surface area contributed by atoms with Crippen LogP contribution >= 0.6 is 0 Å². The van der Waals surface area contributed by atoms with Crippen molar-refractivity contribution < 1.29 is 9.47 Å². The fourth-order valence-corrected chi connectivity index (χ4v) is 1.09. The van der Waals surface area contributed by atoms with Gasteiger partial charge in [-0.1, -0.05) is 24.8 Å². The smallest absolute Gasteiger partial charge is 0.119 e. The van der Waals surface area contributed by atoms with Crippen molar-refractivity contribution in [1.29, 1.82) is 0 Å². The molecule has 0 saturated heterocycles. The van der Waals surface area contributed by atoms with E-state index >= 15 is 0 Å². The van der Waals surface area contributed by atoms with Crippen molar-refractivity contribution in [2.24, 2.45) is 0 Å². The third-order valence-electron chi connectivity index (χ3n) is 1.86. The molecule has 76 valence electrons. The first kappa shape index (κ1) is 10.6. The van der Waals surface area contributed by atoms with Gasteiger partial charge in [-0.3, -0.25) is 0 Å². The number of benzene rings is 1. The number of hydrogen-bond donors (Lipinski definition) is 0. The first-order valence-corrected chi connectivity index (χ1v) is 4.77. The van der Waals surface area contributed by atoms with Crippen LogP contribution in [0.2, 0.25) is 0 Å². The molecule has 0 heterocycles. The van der Waals surface area contributed by atoms with Crippen molar-refractivity contribution in [3.05, 3.63) is 43.2 Å². The van der Waals surface area contributed by atoms with Gasteiger partial charge in [-0.05, 0) is 19.1 Å². The zero-order chi connectivity index (χ0) is 10.2. The second kappa shape index (κ2) is 6.08. The summed E-state index contributed by atoms with van der Waals surface area (Å²) >= 11 is 0. The minimum atomic E-state index is 0.163. The van der Waals surface area contributed by atoms with Gasteiger partial charge in [0.05, 0.1) is 19.0 Å². The zero-order valence-corrected chi connectivity index (χ0v) is 8.48. The third kappa shape index (κ3) is 3.99. The van der Waals surface area contributed by atoms with Crippen LogP contribution < -0.4 is 4.74 Å². The van der Waals surface area contributed by atoms with Gasteiger partial charge in [-0.25, -0.2) is 0 Å². The van der Waals surface area contributed by atoms with Crippen LogP contribution in [0.15, 0.2) is 43.2 Å². The highest BCUT2D eigenvalue weighted by Gasteiger charge is 2.00. The molecule has 0 aromatic heterocycles. The van der Waals surface area contributed by atoms with Gasteiger partial charge in [0.2, 0.25) is 0 Å². The van der Waals surface area contributed by atoms with Gasteiger partial charge in [-0.2, -0.15) is 0 Å². The molecule has 0 spiro atoms. The van der Waals surface area contributed by atoms with E-state index in [2.05, 4.69) is 6.58 Å². The molecule has 14 heavy (non-hydrogen) atoms. The summed E-state index contributed by atoms with van der Waals surface area (Å²) in [5.41, 5.74) is 0. The molecule has 0 aliphatic carbocycles. The minimum Gasteiger partial charge on any atom is -0.499 e. The van der Waals surface area contributed by atoms with Crippen LogP contribution in [-0.2, 0) is 4.74 Å². The number of ether oxygens (including phenoxy) is 2. The minimum absolute atomic E-state index is 0.163. The molecule has 0 aliphatic rings. The van der Waals surface area contributed by atoms with E-state index in [-0.39, 0.29) is 6.10 Å². The summed E-state index contributed by atoms with van der Waals surface area (Å²) in [6, 6.07) is 9.77. The Hall–Kier alpha value is -1.44. The van der Waals surface area contributed by atoms with Crippen LogP contribution in [-0.4, -0.2) is 12.7 Å². The van der Waals surface area contributed by atoms with Crippen LogP contribution in [0, 0.1) is 0 Å². The first-order chi connectivity index (χ1) is 6.83. The molecule has 0 fully saturated rings. The lowest BCUT2D eigenvalue weighted by Crippen LogP contribution is -2.09. The van der Waals surface area contributed by atoms with E-state index in [4.69, 9.17) is 9.47 Å². The monoisotopic (exact) mass is 192 g/mol. The van der Waals surface area contributed by atoms with Crippen molar-refractivity contribution in [2.75, 3.05) is 6.61 Å². The molecule has 1 atom stereocenters. The van der Waals surface area contributed by atoms with Gasteiger partial charge in [-0.15, -0.1) is 0 Å². The van der Waals surface area contributed by atoms with Crippen LogP contribution in [0.25, 0.3) is 0 Å². The molecule has 1 aromatic carbocycles. The number of rotatable bonds is 6. The highest BCUT2D eigenvalue weighted by atomic mass is 16.5. The van der Waals surface area contributed by atoms with Crippen molar-refractivity contribution in [3.8, 4) is 5.75 Å². The van der Waals surface area contributed by atoms with E-state index in [1.165, 1.54) is 6.26 Å². The maximum atomic E-state index is 5.51. The van der Waals surface area contributed by atoms with Crippen LogP contribution in [0.5, 0.6) is 5.75 Å². The van der Waals surface area contributed by atoms with E-state index in [1.54, 1.807) is 0 Å². The van der Waals surface area contributed by atoms with E-state index in [1.807, 2.05) is 37.3 Å². The van der Waals surface area contributed by atoms with Crippen molar-refractivity contribution in [1.82, 2.24) is 0 Å². The Kier molecular flexibility index (Phi) is 4.62. The standard InChI is InChI=1S/C12H16O2/c1-3-13-11(2)9-10-14-12-7-5-4-6-8-12/h3-8,11H,1,9-10H2,2H3/t11-/m1/s1. The molecule has 0 radical (unpaired) electrons. The average molecular weight is 192 g/mol. The predicted molar refractivity (Wildman–Crippen MR) is 57.3 cm³/mol. The Labute approximate surface area is 85.2 Å². The van der Waals surface area contributed by atoms with Crippen molar-refractivity contribution in [3.63, 3.8) is 0 Å². The molecule has 0 unspecified atom stereocenters. The Morgan fingerprint density at radius 2 is 2.07 bits per heavy atom. The van der Waals surface area contributed by atoms with Crippen LogP contribution in [0.4, 0.5) is 0 Å². The Morgan fingerprint density at radius 1 is 1.36 bits per heavy atom. The summed E-state index contributed by atoms with van der Waals surface area (Å²) in [5.74, 6) is 0.901. The molecule has 0 bridgehead atoms. The van der Waals surface area contributed by atoms with Crippen LogP contribution in [0.1, 0.15) is 13.3 Å². The topological polar surface area (TPSA) is 18.5 Å². The summed E-state index contributed by atoms with van der Waals surface area (Å²) in [7, 11) is 0. The largest absolute Gasteiger partial charge is 0.499 e. The van der Waals surface area contributed by atoms with Gasteiger partial charge in [0.15, 0.2) is 0 Å². The first-order valence-electron chi connectivity index (χ1n) is 4.77. The van der Waals surface area contributed by atoms with Crippen LogP contribution in [0.3, 0.4) is 0 Å². The Balaban J connectivity index is 2.18. The van der Waals surface area contributed by atoms with Crippen molar-refractivity contribution in [2.45, 2.75) is 19.4 Å². The van der Waals surface area contributed by atoms with Gasteiger partial charge >= 0.3 is 0 Å². The van der Waals surface area contributed by atoms with E-state index < -0.39 is 0 Å². The summed E-state index contributed by atoms with van der Waals surface area (Å²) in [4.78, 5) is 0. The molecule has 0 saturated carbocycles. The lowest BCUT2D eigenvalue weighted by atomic mass is 10.3. The average Bonchev–Trinajstić information content (AvgIpc) is 2.20. The molecule has 0 amide bonds. The quantitative estimate of drug-likeness (QED) is 0.645. The summed E-state index contributed by atoms with van der Waals surface area (Å²) in [5, 5.41) is 0. The van der Waals surface area contributed by atoms with E-state index in [9.17, 15) is 0 Å². The molecule has 2 nitrogen and oxygen atoms in total. The summed E-state index contributed by atoms with van der Waals surface area (Å²) in [6.07, 6.45) is 2.49. The van der Waals surface area contributed by atoms with E-state index in [0.717, 1.165) is 12.2 Å². The van der Waals surface area contributed by atoms with Gasteiger partial charge in [0.25, 0.3) is 0 Å². The normalized spacial score (nSPS) is 11.8.